The number of piperidine rings is 1. The number of aromatic amines is 1. The number of hydrogen-bond donors (Lipinski definition) is 2. The average molecular weight is 379 g/mol. The third kappa shape index (κ3) is 3.69. The summed E-state index contributed by atoms with van der Waals surface area (Å²) in [6.45, 7) is 8.27. The second-order valence-electron chi connectivity index (χ2n) is 7.61. The van der Waals surface area contributed by atoms with Crippen molar-refractivity contribution in [1.82, 2.24) is 14.9 Å². The van der Waals surface area contributed by atoms with Crippen LogP contribution >= 0.6 is 12.2 Å². The summed E-state index contributed by atoms with van der Waals surface area (Å²) in [5.41, 5.74) is 7.04. The molecule has 2 aromatic carbocycles. The largest absolute Gasteiger partial charge is 0.348 e. The molecule has 27 heavy (non-hydrogen) atoms. The lowest BCUT2D eigenvalue weighted by atomic mass is 9.98. The van der Waals surface area contributed by atoms with E-state index in [4.69, 9.17) is 17.2 Å². The molecule has 0 unspecified atom stereocenters. The highest BCUT2D eigenvalue weighted by Crippen LogP contribution is 2.28. The van der Waals surface area contributed by atoms with Crippen LogP contribution in [0, 0.1) is 20.8 Å². The predicted molar refractivity (Wildman–Crippen MR) is 117 cm³/mol. The maximum Gasteiger partial charge on any atom is 0.173 e. The zero-order valence-corrected chi connectivity index (χ0v) is 17.0. The van der Waals surface area contributed by atoms with Gasteiger partial charge >= 0.3 is 0 Å². The van der Waals surface area contributed by atoms with Crippen LogP contribution in [0.1, 0.15) is 41.3 Å². The number of imidazole rings is 1. The van der Waals surface area contributed by atoms with Crippen molar-refractivity contribution in [3.05, 3.63) is 58.9 Å². The van der Waals surface area contributed by atoms with E-state index in [0.29, 0.717) is 5.92 Å². The molecule has 5 heteroatoms. The molecule has 1 aliphatic heterocycles. The second-order valence-corrected chi connectivity index (χ2v) is 7.99. The van der Waals surface area contributed by atoms with Gasteiger partial charge in [0.2, 0.25) is 0 Å². The zero-order chi connectivity index (χ0) is 19.0. The molecule has 0 saturated carbocycles. The van der Waals surface area contributed by atoms with E-state index in [1.165, 1.54) is 16.7 Å². The lowest BCUT2D eigenvalue weighted by molar-refractivity contribution is 0.307. The minimum absolute atomic E-state index is 0.379. The summed E-state index contributed by atoms with van der Waals surface area (Å²) < 4.78 is 0. The number of anilines is 1. The van der Waals surface area contributed by atoms with Crippen LogP contribution < -0.4 is 5.32 Å². The van der Waals surface area contributed by atoms with Crippen LogP contribution in [0.25, 0.3) is 11.0 Å². The van der Waals surface area contributed by atoms with E-state index in [2.05, 4.69) is 72.4 Å². The summed E-state index contributed by atoms with van der Waals surface area (Å²) >= 11 is 5.73. The number of H-pyrrole nitrogens is 1. The Labute approximate surface area is 166 Å². The van der Waals surface area contributed by atoms with Gasteiger partial charge in [0.05, 0.1) is 11.0 Å². The molecule has 1 atom stereocenters. The topological polar surface area (TPSA) is 44.0 Å². The Morgan fingerprint density at radius 3 is 2.93 bits per heavy atom. The molecule has 2 heterocycles. The van der Waals surface area contributed by atoms with Crippen molar-refractivity contribution in [2.24, 2.45) is 0 Å². The second kappa shape index (κ2) is 7.31. The molecule has 4 rings (SSSR count). The average Bonchev–Trinajstić information content (AvgIpc) is 3.09. The van der Waals surface area contributed by atoms with Crippen LogP contribution in [0.3, 0.4) is 0 Å². The number of nitrogens with zero attached hydrogens (tertiary/aromatic N) is 2. The Morgan fingerprint density at radius 1 is 1.22 bits per heavy atom. The smallest absolute Gasteiger partial charge is 0.173 e. The summed E-state index contributed by atoms with van der Waals surface area (Å²) in [5, 5.41) is 4.26. The van der Waals surface area contributed by atoms with Gasteiger partial charge < -0.3 is 15.2 Å². The molecule has 0 radical (unpaired) electrons. The zero-order valence-electron chi connectivity index (χ0n) is 16.2. The number of benzene rings is 2. The Balaban J connectivity index is 1.50. The van der Waals surface area contributed by atoms with Crippen LogP contribution in [0.2, 0.25) is 0 Å². The Hall–Kier alpha value is -2.40. The molecule has 1 fully saturated rings. The van der Waals surface area contributed by atoms with Gasteiger partial charge in [-0.2, -0.15) is 0 Å². The van der Waals surface area contributed by atoms with Crippen LogP contribution in [-0.4, -0.2) is 33.1 Å². The molecule has 140 valence electrons. The van der Waals surface area contributed by atoms with E-state index in [1.54, 1.807) is 0 Å². The highest BCUT2D eigenvalue weighted by Gasteiger charge is 2.25. The van der Waals surface area contributed by atoms with Crippen LogP contribution in [-0.2, 0) is 0 Å². The third-order valence-electron chi connectivity index (χ3n) is 5.60. The molecule has 1 aromatic heterocycles. The quantitative estimate of drug-likeness (QED) is 0.612. The fourth-order valence-corrected chi connectivity index (χ4v) is 4.08. The van der Waals surface area contributed by atoms with Crippen LogP contribution in [0.5, 0.6) is 0 Å². The summed E-state index contributed by atoms with van der Waals surface area (Å²) in [6, 6.07) is 12.7. The first-order chi connectivity index (χ1) is 13.0. The Morgan fingerprint density at radius 2 is 2.07 bits per heavy atom. The number of nitrogens with one attached hydrogen (secondary N) is 2. The van der Waals surface area contributed by atoms with Gasteiger partial charge in [-0.3, -0.25) is 0 Å². The van der Waals surface area contributed by atoms with E-state index >= 15 is 0 Å². The molecular formula is C22H26N4S. The van der Waals surface area contributed by atoms with Gasteiger partial charge in [0.1, 0.15) is 5.82 Å². The van der Waals surface area contributed by atoms with Crippen LogP contribution in [0.4, 0.5) is 5.69 Å². The maximum atomic E-state index is 5.73. The maximum absolute atomic E-state index is 5.73. The first-order valence-corrected chi connectivity index (χ1v) is 10.0. The lowest BCUT2D eigenvalue weighted by Crippen LogP contribution is -2.41. The standard InChI is InChI=1S/C22H26N4S/c1-14-9-10-19-20(12-14)24-21(23-19)17-7-5-11-26(13-17)22(27)25-18-8-4-6-15(2)16(18)3/h4,6,8-10,12,17H,5,7,11,13H2,1-3H3,(H,23,24)(H,25,27)/t17-/m0/s1. The molecule has 0 aliphatic carbocycles. The van der Waals surface area contributed by atoms with E-state index in [1.807, 2.05) is 0 Å². The summed E-state index contributed by atoms with van der Waals surface area (Å²) in [7, 11) is 0. The first kappa shape index (κ1) is 18.0. The monoisotopic (exact) mass is 378 g/mol. The highest BCUT2D eigenvalue weighted by molar-refractivity contribution is 7.80. The number of thiocarbonyl (C=S) groups is 1. The Bertz CT molecular complexity index is 991. The van der Waals surface area contributed by atoms with Crippen LogP contribution in [0.15, 0.2) is 36.4 Å². The van der Waals surface area contributed by atoms with Crippen molar-refractivity contribution in [3.8, 4) is 0 Å². The van der Waals surface area contributed by atoms with Crippen molar-refractivity contribution in [1.29, 1.82) is 0 Å². The van der Waals surface area contributed by atoms with Crippen molar-refractivity contribution in [2.75, 3.05) is 18.4 Å². The number of likely N-dealkylation sites (tertiary alicyclic amines) is 1. The SMILES string of the molecule is Cc1ccc2nc([C@H]3CCCN(C(=S)Nc4cccc(C)c4C)C3)[nH]c2c1. The number of aromatic nitrogens is 2. The number of fused-ring (bicyclic) bond motifs is 1. The van der Waals surface area contributed by atoms with E-state index in [9.17, 15) is 0 Å². The first-order valence-electron chi connectivity index (χ1n) is 9.59. The summed E-state index contributed by atoms with van der Waals surface area (Å²) in [5.74, 6) is 1.46. The highest BCUT2D eigenvalue weighted by atomic mass is 32.1. The fraction of sp³-hybridized carbons (Fsp3) is 0.364. The molecule has 3 aromatic rings. The minimum atomic E-state index is 0.379. The summed E-state index contributed by atoms with van der Waals surface area (Å²) in [4.78, 5) is 10.6. The van der Waals surface area contributed by atoms with E-state index < -0.39 is 0 Å². The molecule has 4 nitrogen and oxygen atoms in total. The number of rotatable bonds is 2. The van der Waals surface area contributed by atoms with Crippen molar-refractivity contribution in [2.45, 2.75) is 39.5 Å². The molecule has 0 bridgehead atoms. The third-order valence-corrected chi connectivity index (χ3v) is 5.96. The van der Waals surface area contributed by atoms with Gasteiger partial charge in [-0.25, -0.2) is 4.98 Å². The fourth-order valence-electron chi connectivity index (χ4n) is 3.80. The van der Waals surface area contributed by atoms with Gasteiger partial charge in [0.25, 0.3) is 0 Å². The van der Waals surface area contributed by atoms with Crippen molar-refractivity contribution in [3.63, 3.8) is 0 Å². The van der Waals surface area contributed by atoms with E-state index in [-0.39, 0.29) is 0 Å². The molecule has 0 spiro atoms. The normalized spacial score (nSPS) is 17.3. The number of aryl methyl sites for hydroxylation is 2. The van der Waals surface area contributed by atoms with Gasteiger partial charge in [-0.15, -0.1) is 0 Å². The predicted octanol–water partition coefficient (Wildman–Crippen LogP) is 5.06. The lowest BCUT2D eigenvalue weighted by Gasteiger charge is -2.34. The molecule has 0 amide bonds. The van der Waals surface area contributed by atoms with Crippen molar-refractivity contribution >= 4 is 34.1 Å². The minimum Gasteiger partial charge on any atom is -0.348 e. The van der Waals surface area contributed by atoms with E-state index in [0.717, 1.165) is 53.6 Å². The van der Waals surface area contributed by atoms with Gasteiger partial charge in [0, 0.05) is 24.7 Å². The van der Waals surface area contributed by atoms with Gasteiger partial charge in [-0.05, 0) is 80.7 Å². The molecule has 2 N–H and O–H groups in total. The molecule has 1 saturated heterocycles. The number of hydrogen-bond acceptors (Lipinski definition) is 2. The summed E-state index contributed by atoms with van der Waals surface area (Å²) in [6.07, 6.45) is 2.26. The van der Waals surface area contributed by atoms with Gasteiger partial charge in [-0.1, -0.05) is 18.2 Å². The molecule has 1 aliphatic rings. The van der Waals surface area contributed by atoms with Gasteiger partial charge in [0.15, 0.2) is 5.11 Å². The van der Waals surface area contributed by atoms with Crippen molar-refractivity contribution < 1.29 is 0 Å². The molecular weight excluding hydrogens is 352 g/mol. The Kier molecular flexibility index (Phi) is 4.87.